The topological polar surface area (TPSA) is 73.8 Å². The Labute approximate surface area is 218 Å². The normalized spacial score (nSPS) is 13.8. The van der Waals surface area contributed by atoms with Crippen LogP contribution < -0.4 is 4.90 Å². The first-order valence-corrected chi connectivity index (χ1v) is 12.5. The molecule has 1 amide bonds. The van der Waals surface area contributed by atoms with Gasteiger partial charge in [-0.25, -0.2) is 9.67 Å². The Bertz CT molecular complexity index is 1450. The van der Waals surface area contributed by atoms with Gasteiger partial charge < -0.3 is 4.57 Å². The molecule has 0 bridgehead atoms. The van der Waals surface area contributed by atoms with Crippen molar-refractivity contribution in [1.29, 1.82) is 0 Å². The predicted octanol–water partition coefficient (Wildman–Crippen LogP) is 6.15. The van der Waals surface area contributed by atoms with E-state index < -0.39 is 5.95 Å². The fraction of sp³-hybridized carbons (Fsp3) is 0.360. The van der Waals surface area contributed by atoms with Crippen LogP contribution in [0.3, 0.4) is 0 Å². The lowest BCUT2D eigenvalue weighted by molar-refractivity contribution is -0.119. The van der Waals surface area contributed by atoms with E-state index in [0.29, 0.717) is 52.5 Å². The number of hydrogen-bond donors (Lipinski definition) is 0. The molecule has 8 nitrogen and oxygen atoms in total. The van der Waals surface area contributed by atoms with Crippen LogP contribution in [0.4, 0.5) is 10.2 Å². The SMILES string of the molecule is CC(C)n1cc(F)nc1-c1ccc(CN2C(=O)CCn3nc(-c4c(Cl)cnn4C(C)C)cc32)cc1Cl. The third-order valence-corrected chi connectivity index (χ3v) is 6.82. The molecule has 11 heteroatoms. The van der Waals surface area contributed by atoms with Gasteiger partial charge in [0.15, 0.2) is 0 Å². The summed E-state index contributed by atoms with van der Waals surface area (Å²) in [7, 11) is 0. The molecule has 0 fully saturated rings. The molecule has 188 valence electrons. The standard InChI is InChI=1S/C25H26Cl2FN7O/c1-14(2)32-13-21(28)30-25(32)17-6-5-16(9-18(17)26)12-33-22-10-20(31-34(22)8-7-23(33)36)24-19(27)11-29-35(24)15(3)4/h5-6,9-11,13-15H,7-8,12H2,1-4H3. The van der Waals surface area contributed by atoms with Crippen molar-refractivity contribution in [3.63, 3.8) is 0 Å². The largest absolute Gasteiger partial charge is 0.325 e. The molecule has 5 rings (SSSR count). The fourth-order valence-corrected chi connectivity index (χ4v) is 5.00. The van der Waals surface area contributed by atoms with Crippen LogP contribution in [0.2, 0.25) is 10.0 Å². The molecule has 1 aliphatic rings. The molecule has 0 aliphatic carbocycles. The maximum atomic E-state index is 13.9. The van der Waals surface area contributed by atoms with Gasteiger partial charge in [0, 0.05) is 30.1 Å². The number of imidazole rings is 1. The van der Waals surface area contributed by atoms with Gasteiger partial charge in [-0.2, -0.15) is 14.6 Å². The summed E-state index contributed by atoms with van der Waals surface area (Å²) in [5, 5.41) is 10.0. The summed E-state index contributed by atoms with van der Waals surface area (Å²) in [5.74, 6) is 0.594. The maximum absolute atomic E-state index is 13.9. The van der Waals surface area contributed by atoms with E-state index >= 15 is 0 Å². The van der Waals surface area contributed by atoms with Gasteiger partial charge in [-0.1, -0.05) is 29.3 Å². The summed E-state index contributed by atoms with van der Waals surface area (Å²) >= 11 is 13.1. The highest BCUT2D eigenvalue weighted by molar-refractivity contribution is 6.33. The minimum atomic E-state index is -0.555. The Morgan fingerprint density at radius 2 is 1.86 bits per heavy atom. The van der Waals surface area contributed by atoms with Crippen molar-refractivity contribution in [2.24, 2.45) is 0 Å². The monoisotopic (exact) mass is 529 g/mol. The van der Waals surface area contributed by atoms with E-state index in [1.165, 1.54) is 6.20 Å². The van der Waals surface area contributed by atoms with Gasteiger partial charge in [0.25, 0.3) is 0 Å². The molecule has 0 N–H and O–H groups in total. The molecule has 0 saturated heterocycles. The van der Waals surface area contributed by atoms with Gasteiger partial charge in [-0.15, -0.1) is 0 Å². The molecule has 1 aliphatic heterocycles. The van der Waals surface area contributed by atoms with Crippen molar-refractivity contribution in [1.82, 2.24) is 29.1 Å². The van der Waals surface area contributed by atoms with Crippen molar-refractivity contribution in [3.05, 3.63) is 58.2 Å². The first kappa shape index (κ1) is 24.5. The number of rotatable bonds is 6. The molecule has 0 radical (unpaired) electrons. The van der Waals surface area contributed by atoms with Crippen LogP contribution in [-0.4, -0.2) is 35.0 Å². The van der Waals surface area contributed by atoms with Crippen LogP contribution >= 0.6 is 23.2 Å². The number of nitrogens with zero attached hydrogens (tertiary/aromatic N) is 7. The lowest BCUT2D eigenvalue weighted by Crippen LogP contribution is -2.36. The number of halogens is 3. The molecule has 0 saturated carbocycles. The van der Waals surface area contributed by atoms with Crippen LogP contribution in [-0.2, 0) is 17.9 Å². The molecule has 0 atom stereocenters. The lowest BCUT2D eigenvalue weighted by Gasteiger charge is -2.27. The second kappa shape index (κ2) is 9.37. The second-order valence-corrected chi connectivity index (χ2v) is 10.2. The Morgan fingerprint density at radius 3 is 2.56 bits per heavy atom. The van der Waals surface area contributed by atoms with Gasteiger partial charge in [-0.3, -0.25) is 14.4 Å². The van der Waals surface area contributed by atoms with Gasteiger partial charge in [0.1, 0.15) is 23.0 Å². The number of amides is 1. The van der Waals surface area contributed by atoms with E-state index in [2.05, 4.69) is 10.1 Å². The van der Waals surface area contributed by atoms with E-state index in [4.69, 9.17) is 28.3 Å². The number of carbonyl (C=O) groups is 1. The van der Waals surface area contributed by atoms with E-state index in [1.807, 2.05) is 55.3 Å². The third kappa shape index (κ3) is 4.30. The summed E-state index contributed by atoms with van der Waals surface area (Å²) in [6.07, 6.45) is 3.31. The summed E-state index contributed by atoms with van der Waals surface area (Å²) in [4.78, 5) is 18.7. The van der Waals surface area contributed by atoms with Crippen LogP contribution in [0.1, 0.15) is 51.8 Å². The first-order chi connectivity index (χ1) is 17.1. The number of aromatic nitrogens is 6. The van der Waals surface area contributed by atoms with Gasteiger partial charge in [-0.05, 0) is 45.4 Å². The molecule has 36 heavy (non-hydrogen) atoms. The van der Waals surface area contributed by atoms with Crippen molar-refractivity contribution < 1.29 is 9.18 Å². The van der Waals surface area contributed by atoms with Crippen molar-refractivity contribution in [2.75, 3.05) is 4.90 Å². The highest BCUT2D eigenvalue weighted by Gasteiger charge is 2.28. The molecule has 4 heterocycles. The molecular formula is C25H26Cl2FN7O. The zero-order chi connectivity index (χ0) is 25.7. The van der Waals surface area contributed by atoms with Gasteiger partial charge in [0.2, 0.25) is 11.9 Å². The fourth-order valence-electron chi connectivity index (χ4n) is 4.49. The highest BCUT2D eigenvalue weighted by Crippen LogP contribution is 2.35. The molecule has 0 unspecified atom stereocenters. The van der Waals surface area contributed by atoms with E-state index in [1.54, 1.807) is 21.7 Å². The number of hydrogen-bond acceptors (Lipinski definition) is 4. The zero-order valence-corrected chi connectivity index (χ0v) is 21.9. The number of carbonyl (C=O) groups excluding carboxylic acids is 1. The summed E-state index contributed by atoms with van der Waals surface area (Å²) in [6.45, 7) is 8.75. The summed E-state index contributed by atoms with van der Waals surface area (Å²) in [5.41, 5.74) is 2.85. The van der Waals surface area contributed by atoms with Crippen LogP contribution in [0.15, 0.2) is 36.7 Å². The lowest BCUT2D eigenvalue weighted by atomic mass is 10.1. The Kier molecular flexibility index (Phi) is 6.38. The van der Waals surface area contributed by atoms with Crippen LogP contribution in [0.25, 0.3) is 22.8 Å². The number of fused-ring (bicyclic) bond motifs is 1. The Balaban J connectivity index is 1.47. The van der Waals surface area contributed by atoms with E-state index in [-0.39, 0.29) is 18.0 Å². The second-order valence-electron chi connectivity index (χ2n) is 9.42. The van der Waals surface area contributed by atoms with E-state index in [0.717, 1.165) is 11.3 Å². The summed E-state index contributed by atoms with van der Waals surface area (Å²) in [6, 6.07) is 7.49. The molecule has 3 aromatic heterocycles. The zero-order valence-electron chi connectivity index (χ0n) is 20.4. The number of benzene rings is 1. The van der Waals surface area contributed by atoms with Crippen LogP contribution in [0, 0.1) is 5.95 Å². The Morgan fingerprint density at radius 1 is 1.08 bits per heavy atom. The third-order valence-electron chi connectivity index (χ3n) is 6.23. The molecule has 1 aromatic carbocycles. The number of aryl methyl sites for hydroxylation is 1. The maximum Gasteiger partial charge on any atom is 0.231 e. The highest BCUT2D eigenvalue weighted by atomic mass is 35.5. The molecular weight excluding hydrogens is 504 g/mol. The predicted molar refractivity (Wildman–Crippen MR) is 138 cm³/mol. The average Bonchev–Trinajstić information content (AvgIpc) is 3.52. The van der Waals surface area contributed by atoms with Crippen molar-refractivity contribution in [2.45, 2.75) is 59.3 Å². The van der Waals surface area contributed by atoms with Gasteiger partial charge in [0.05, 0.1) is 35.5 Å². The minimum absolute atomic E-state index is 0.00460. The molecule has 4 aromatic rings. The smallest absolute Gasteiger partial charge is 0.231 e. The first-order valence-electron chi connectivity index (χ1n) is 11.8. The van der Waals surface area contributed by atoms with Crippen molar-refractivity contribution in [3.8, 4) is 22.8 Å². The van der Waals surface area contributed by atoms with E-state index in [9.17, 15) is 9.18 Å². The number of anilines is 1. The van der Waals surface area contributed by atoms with Crippen LogP contribution in [0.5, 0.6) is 0 Å². The summed E-state index contributed by atoms with van der Waals surface area (Å²) < 4.78 is 19.3. The molecule has 0 spiro atoms. The quantitative estimate of drug-likeness (QED) is 0.300. The Hall–Kier alpha value is -3.17. The average molecular weight is 530 g/mol. The van der Waals surface area contributed by atoms with Crippen molar-refractivity contribution >= 4 is 34.9 Å². The van der Waals surface area contributed by atoms with Gasteiger partial charge >= 0.3 is 0 Å². The minimum Gasteiger partial charge on any atom is -0.325 e.